The van der Waals surface area contributed by atoms with Crippen molar-refractivity contribution in [2.24, 2.45) is 0 Å². The van der Waals surface area contributed by atoms with Crippen molar-refractivity contribution in [1.82, 2.24) is 9.80 Å². The Labute approximate surface area is 115 Å². The zero-order valence-electron chi connectivity index (χ0n) is 10.6. The maximum atomic E-state index is 12.3. The third kappa shape index (κ3) is 2.48. The molecule has 2 amide bonds. The van der Waals surface area contributed by atoms with E-state index in [2.05, 4.69) is 0 Å². The summed E-state index contributed by atoms with van der Waals surface area (Å²) in [5.41, 5.74) is 0.358. The van der Waals surface area contributed by atoms with E-state index < -0.39 is 30.6 Å². The maximum absolute atomic E-state index is 12.3. The first-order chi connectivity index (χ1) is 9.56. The number of nitrogens with zero attached hydrogens (tertiary/aromatic N) is 2. The van der Waals surface area contributed by atoms with E-state index in [-0.39, 0.29) is 13.1 Å². The van der Waals surface area contributed by atoms with Gasteiger partial charge in [0.05, 0.1) is 0 Å². The van der Waals surface area contributed by atoms with Gasteiger partial charge >= 0.3 is 5.97 Å². The Balaban J connectivity index is 2.26. The normalized spacial score (nSPS) is 18.1. The molecule has 7 heteroatoms. The quantitative estimate of drug-likeness (QED) is 0.767. The SMILES string of the molecule is O=C(O)C1N(C(=O)CO)CCN1C(=O)c1ccccc1. The molecule has 1 aromatic rings. The highest BCUT2D eigenvalue weighted by Gasteiger charge is 2.42. The van der Waals surface area contributed by atoms with Crippen molar-refractivity contribution in [3.05, 3.63) is 35.9 Å². The fourth-order valence-corrected chi connectivity index (χ4v) is 2.21. The second-order valence-corrected chi connectivity index (χ2v) is 4.32. The Kier molecular flexibility index (Phi) is 3.99. The molecule has 0 radical (unpaired) electrons. The Morgan fingerprint density at radius 2 is 1.70 bits per heavy atom. The second-order valence-electron chi connectivity index (χ2n) is 4.32. The number of benzene rings is 1. The smallest absolute Gasteiger partial charge is 0.347 e. The van der Waals surface area contributed by atoms with E-state index in [1.165, 1.54) is 0 Å². The average Bonchev–Trinajstić information content (AvgIpc) is 2.91. The molecule has 0 saturated carbocycles. The molecule has 2 N–H and O–H groups in total. The molecule has 1 heterocycles. The molecule has 1 aromatic carbocycles. The van der Waals surface area contributed by atoms with Gasteiger partial charge in [0.2, 0.25) is 12.1 Å². The van der Waals surface area contributed by atoms with Gasteiger partial charge in [-0.1, -0.05) is 18.2 Å². The molecule has 1 saturated heterocycles. The molecule has 0 bridgehead atoms. The summed E-state index contributed by atoms with van der Waals surface area (Å²) in [4.78, 5) is 37.2. The Morgan fingerprint density at radius 3 is 2.25 bits per heavy atom. The van der Waals surface area contributed by atoms with Crippen molar-refractivity contribution in [1.29, 1.82) is 0 Å². The van der Waals surface area contributed by atoms with Crippen LogP contribution in [0.4, 0.5) is 0 Å². The number of carbonyl (C=O) groups excluding carboxylic acids is 2. The first-order valence-electron chi connectivity index (χ1n) is 6.05. The molecule has 0 spiro atoms. The fourth-order valence-electron chi connectivity index (χ4n) is 2.21. The van der Waals surface area contributed by atoms with Crippen molar-refractivity contribution in [2.75, 3.05) is 19.7 Å². The first-order valence-corrected chi connectivity index (χ1v) is 6.05. The lowest BCUT2D eigenvalue weighted by Gasteiger charge is -2.26. The van der Waals surface area contributed by atoms with Crippen LogP contribution in [0.2, 0.25) is 0 Å². The molecule has 1 aliphatic heterocycles. The first kappa shape index (κ1) is 14.0. The van der Waals surface area contributed by atoms with E-state index in [0.29, 0.717) is 5.56 Å². The molecule has 0 aromatic heterocycles. The molecule has 1 unspecified atom stereocenters. The average molecular weight is 278 g/mol. The second kappa shape index (κ2) is 5.70. The van der Waals surface area contributed by atoms with Gasteiger partial charge in [0.1, 0.15) is 6.61 Å². The highest BCUT2D eigenvalue weighted by Crippen LogP contribution is 2.18. The topological polar surface area (TPSA) is 98.2 Å². The fraction of sp³-hybridized carbons (Fsp3) is 0.308. The number of hydrogen-bond donors (Lipinski definition) is 2. The Morgan fingerprint density at radius 1 is 1.10 bits per heavy atom. The number of aliphatic carboxylic acids is 1. The van der Waals surface area contributed by atoms with Crippen molar-refractivity contribution < 1.29 is 24.6 Å². The minimum atomic E-state index is -1.37. The maximum Gasteiger partial charge on any atom is 0.347 e. The molecular formula is C13H14N2O5. The number of aliphatic hydroxyl groups is 1. The summed E-state index contributed by atoms with van der Waals surface area (Å²) in [6.07, 6.45) is -1.37. The molecule has 106 valence electrons. The summed E-state index contributed by atoms with van der Waals surface area (Å²) >= 11 is 0. The standard InChI is InChI=1S/C13H14N2O5/c16-8-10(17)14-6-7-15(11(14)13(19)20)12(18)9-4-2-1-3-5-9/h1-5,11,16H,6-8H2,(H,19,20). The van der Waals surface area contributed by atoms with Crippen LogP contribution in [0.1, 0.15) is 10.4 Å². The lowest BCUT2D eigenvalue weighted by molar-refractivity contribution is -0.153. The zero-order chi connectivity index (χ0) is 14.7. The van der Waals surface area contributed by atoms with Crippen molar-refractivity contribution in [2.45, 2.75) is 6.17 Å². The van der Waals surface area contributed by atoms with E-state index in [1.807, 2.05) is 0 Å². The molecular weight excluding hydrogens is 264 g/mol. The Bertz CT molecular complexity index is 531. The van der Waals surface area contributed by atoms with E-state index in [4.69, 9.17) is 5.11 Å². The van der Waals surface area contributed by atoms with Crippen molar-refractivity contribution >= 4 is 17.8 Å². The van der Waals surface area contributed by atoms with Crippen LogP contribution in [0.5, 0.6) is 0 Å². The van der Waals surface area contributed by atoms with Gasteiger partial charge in [0, 0.05) is 18.7 Å². The van der Waals surface area contributed by atoms with Crippen molar-refractivity contribution in [3.8, 4) is 0 Å². The summed E-state index contributed by atoms with van der Waals surface area (Å²) in [5.74, 6) is -2.46. The van der Waals surface area contributed by atoms with Crippen LogP contribution in [-0.4, -0.2) is 63.7 Å². The molecule has 1 atom stereocenters. The van der Waals surface area contributed by atoms with Gasteiger partial charge in [0.15, 0.2) is 0 Å². The van der Waals surface area contributed by atoms with Crippen LogP contribution in [0.15, 0.2) is 30.3 Å². The summed E-state index contributed by atoms with van der Waals surface area (Å²) < 4.78 is 0. The largest absolute Gasteiger partial charge is 0.478 e. The number of hydrogen-bond acceptors (Lipinski definition) is 4. The number of carboxylic acid groups (broad SMARTS) is 1. The minimum absolute atomic E-state index is 0.0922. The minimum Gasteiger partial charge on any atom is -0.478 e. The van der Waals surface area contributed by atoms with Gasteiger partial charge in [-0.15, -0.1) is 0 Å². The van der Waals surface area contributed by atoms with E-state index in [0.717, 1.165) is 9.80 Å². The van der Waals surface area contributed by atoms with E-state index in [9.17, 15) is 19.5 Å². The lowest BCUT2D eigenvalue weighted by Crippen LogP contribution is -2.50. The highest BCUT2D eigenvalue weighted by molar-refractivity contribution is 5.98. The van der Waals surface area contributed by atoms with Crippen LogP contribution in [-0.2, 0) is 9.59 Å². The van der Waals surface area contributed by atoms with Crippen LogP contribution in [0.25, 0.3) is 0 Å². The van der Waals surface area contributed by atoms with Crippen LogP contribution >= 0.6 is 0 Å². The molecule has 20 heavy (non-hydrogen) atoms. The van der Waals surface area contributed by atoms with Gasteiger partial charge in [-0.25, -0.2) is 4.79 Å². The number of rotatable bonds is 3. The predicted octanol–water partition coefficient (Wildman–Crippen LogP) is -0.626. The van der Waals surface area contributed by atoms with E-state index >= 15 is 0 Å². The van der Waals surface area contributed by atoms with Gasteiger partial charge in [0.25, 0.3) is 5.91 Å². The zero-order valence-corrected chi connectivity index (χ0v) is 10.6. The molecule has 7 nitrogen and oxygen atoms in total. The molecule has 1 aliphatic rings. The third-order valence-corrected chi connectivity index (χ3v) is 3.13. The molecule has 2 rings (SSSR count). The van der Waals surface area contributed by atoms with Gasteiger partial charge in [-0.3, -0.25) is 9.59 Å². The summed E-state index contributed by atoms with van der Waals surface area (Å²) in [6.45, 7) is -0.567. The third-order valence-electron chi connectivity index (χ3n) is 3.13. The number of carbonyl (C=O) groups is 3. The molecule has 1 fully saturated rings. The van der Waals surface area contributed by atoms with Crippen molar-refractivity contribution in [3.63, 3.8) is 0 Å². The summed E-state index contributed by atoms with van der Waals surface area (Å²) in [5, 5.41) is 18.1. The van der Waals surface area contributed by atoms with Gasteiger partial charge < -0.3 is 20.0 Å². The Hall–Kier alpha value is -2.41. The van der Waals surface area contributed by atoms with Crippen LogP contribution < -0.4 is 0 Å². The van der Waals surface area contributed by atoms with E-state index in [1.54, 1.807) is 30.3 Å². The van der Waals surface area contributed by atoms with Gasteiger partial charge in [-0.2, -0.15) is 0 Å². The predicted molar refractivity (Wildman–Crippen MR) is 67.7 cm³/mol. The number of aliphatic hydroxyl groups excluding tert-OH is 1. The summed E-state index contributed by atoms with van der Waals surface area (Å²) in [7, 11) is 0. The highest BCUT2D eigenvalue weighted by atomic mass is 16.4. The van der Waals surface area contributed by atoms with Crippen LogP contribution in [0.3, 0.4) is 0 Å². The molecule has 0 aliphatic carbocycles. The number of carboxylic acids is 1. The lowest BCUT2D eigenvalue weighted by atomic mass is 10.2. The summed E-state index contributed by atoms with van der Waals surface area (Å²) in [6, 6.07) is 8.26. The van der Waals surface area contributed by atoms with Gasteiger partial charge in [-0.05, 0) is 12.1 Å². The monoisotopic (exact) mass is 278 g/mol. The van der Waals surface area contributed by atoms with Crippen LogP contribution in [0, 0.1) is 0 Å². The number of amides is 2.